The molecule has 39 heavy (non-hydrogen) atoms. The lowest BCUT2D eigenvalue weighted by atomic mass is 10.0. The van der Waals surface area contributed by atoms with Crippen molar-refractivity contribution in [1.82, 2.24) is 10.6 Å². The lowest BCUT2D eigenvalue weighted by Crippen LogP contribution is -2.50. The molecule has 0 saturated carbocycles. The summed E-state index contributed by atoms with van der Waals surface area (Å²) in [6.07, 6.45) is 0.699. The Morgan fingerprint density at radius 3 is 2.10 bits per heavy atom. The Balaban J connectivity index is 1.44. The number of oxime groups is 1. The molecule has 3 N–H and O–H groups in total. The summed E-state index contributed by atoms with van der Waals surface area (Å²) in [5.41, 5.74) is 1.64. The van der Waals surface area contributed by atoms with Gasteiger partial charge in [-0.2, -0.15) is 0 Å². The molecule has 2 aromatic rings. The number of ether oxygens (including phenoxy) is 5. The van der Waals surface area contributed by atoms with Crippen LogP contribution >= 0.6 is 0 Å². The van der Waals surface area contributed by atoms with E-state index in [1.807, 2.05) is 44.2 Å². The molecule has 0 unspecified atom stereocenters. The van der Waals surface area contributed by atoms with E-state index in [1.165, 1.54) is 6.21 Å². The summed E-state index contributed by atoms with van der Waals surface area (Å²) < 4.78 is 27.2. The van der Waals surface area contributed by atoms with Crippen LogP contribution in [-0.4, -0.2) is 82.3 Å². The average Bonchev–Trinajstić information content (AvgIpc) is 2.94. The molecule has 2 amide bonds. The Kier molecular flexibility index (Phi) is 15.7. The highest BCUT2D eigenvalue weighted by Crippen LogP contribution is 2.11. The first-order valence-electron chi connectivity index (χ1n) is 12.9. The Morgan fingerprint density at radius 2 is 1.49 bits per heavy atom. The molecule has 0 spiro atoms. The quantitative estimate of drug-likeness (QED) is 0.106. The number of amides is 2. The highest BCUT2D eigenvalue weighted by molar-refractivity contribution is 5.85. The minimum atomic E-state index is -0.714. The van der Waals surface area contributed by atoms with Gasteiger partial charge in [-0.1, -0.05) is 49.3 Å². The summed E-state index contributed by atoms with van der Waals surface area (Å²) in [5.74, 6) is 0.295. The van der Waals surface area contributed by atoms with Gasteiger partial charge in [0.05, 0.1) is 45.9 Å². The largest absolute Gasteiger partial charge is 0.491 e. The van der Waals surface area contributed by atoms with Crippen LogP contribution in [0.1, 0.15) is 25.0 Å². The third-order valence-corrected chi connectivity index (χ3v) is 5.31. The average molecular weight is 546 g/mol. The lowest BCUT2D eigenvalue weighted by molar-refractivity contribution is -0.124. The Labute approximate surface area is 229 Å². The van der Waals surface area contributed by atoms with Crippen molar-refractivity contribution in [3.63, 3.8) is 0 Å². The molecule has 214 valence electrons. The second kappa shape index (κ2) is 19.4. The molecule has 0 saturated heterocycles. The monoisotopic (exact) mass is 545 g/mol. The molecule has 0 aliphatic carbocycles. The first kappa shape index (κ1) is 31.5. The Morgan fingerprint density at radius 1 is 0.872 bits per heavy atom. The maximum atomic E-state index is 12.5. The van der Waals surface area contributed by atoms with Crippen molar-refractivity contribution in [2.75, 3.05) is 52.8 Å². The van der Waals surface area contributed by atoms with Crippen molar-refractivity contribution in [3.8, 4) is 5.75 Å². The van der Waals surface area contributed by atoms with Gasteiger partial charge in [0.25, 0.3) is 0 Å². The topological polar surface area (TPSA) is 137 Å². The number of alkyl carbamates (subject to hydrolysis) is 1. The van der Waals surface area contributed by atoms with E-state index in [-0.39, 0.29) is 18.4 Å². The summed E-state index contributed by atoms with van der Waals surface area (Å²) in [5, 5.41) is 16.9. The predicted molar refractivity (Wildman–Crippen MR) is 145 cm³/mol. The van der Waals surface area contributed by atoms with Gasteiger partial charge in [0.1, 0.15) is 25.0 Å². The molecular formula is C28H39N3O8. The van der Waals surface area contributed by atoms with Gasteiger partial charge >= 0.3 is 6.09 Å². The molecule has 1 atom stereocenters. The van der Waals surface area contributed by atoms with E-state index in [0.717, 1.165) is 11.1 Å². The molecule has 11 heteroatoms. The van der Waals surface area contributed by atoms with E-state index in [4.69, 9.17) is 28.9 Å². The van der Waals surface area contributed by atoms with Crippen molar-refractivity contribution < 1.29 is 38.5 Å². The number of hydrogen-bond acceptors (Lipinski definition) is 9. The van der Waals surface area contributed by atoms with Crippen LogP contribution in [0.5, 0.6) is 5.75 Å². The molecule has 0 radical (unpaired) electrons. The van der Waals surface area contributed by atoms with Crippen LogP contribution in [0, 0.1) is 5.92 Å². The lowest BCUT2D eigenvalue weighted by Gasteiger charge is -2.21. The summed E-state index contributed by atoms with van der Waals surface area (Å²) in [6, 6.07) is 15.8. The molecule has 0 aliphatic heterocycles. The highest BCUT2D eigenvalue weighted by Gasteiger charge is 2.24. The van der Waals surface area contributed by atoms with Crippen LogP contribution in [0.2, 0.25) is 0 Å². The molecule has 2 rings (SSSR count). The summed E-state index contributed by atoms with van der Waals surface area (Å²) in [6.45, 7) is 6.94. The van der Waals surface area contributed by atoms with Gasteiger partial charge in [-0.15, -0.1) is 0 Å². The second-order valence-electron chi connectivity index (χ2n) is 8.72. The van der Waals surface area contributed by atoms with Gasteiger partial charge in [0, 0.05) is 6.54 Å². The first-order valence-corrected chi connectivity index (χ1v) is 12.9. The minimum absolute atomic E-state index is 0.114. The highest BCUT2D eigenvalue weighted by atomic mass is 16.6. The maximum absolute atomic E-state index is 12.5. The SMILES string of the molecule is CC(C)[C@H](NC(=O)OCc1ccccc1)C(=O)NCCOCCOCCOCCOc1ccc(/C=N/O)cc1. The fourth-order valence-electron chi connectivity index (χ4n) is 3.26. The van der Waals surface area contributed by atoms with Gasteiger partial charge in [0.2, 0.25) is 5.91 Å². The van der Waals surface area contributed by atoms with Crippen LogP contribution in [-0.2, 0) is 30.3 Å². The van der Waals surface area contributed by atoms with E-state index >= 15 is 0 Å². The van der Waals surface area contributed by atoms with Crippen LogP contribution in [0.4, 0.5) is 4.79 Å². The minimum Gasteiger partial charge on any atom is -0.491 e. The number of carbonyl (C=O) groups is 2. The number of nitrogens with zero attached hydrogens (tertiary/aromatic N) is 1. The van der Waals surface area contributed by atoms with Crippen molar-refractivity contribution in [1.29, 1.82) is 0 Å². The summed E-state index contributed by atoms with van der Waals surface area (Å²) in [4.78, 5) is 24.6. The number of rotatable bonds is 19. The van der Waals surface area contributed by atoms with Gasteiger partial charge in [-0.05, 0) is 41.3 Å². The predicted octanol–water partition coefficient (Wildman–Crippen LogP) is 2.99. The molecule has 11 nitrogen and oxygen atoms in total. The van der Waals surface area contributed by atoms with Gasteiger partial charge < -0.3 is 39.5 Å². The van der Waals surface area contributed by atoms with Crippen molar-refractivity contribution in [3.05, 3.63) is 65.7 Å². The first-order chi connectivity index (χ1) is 19.0. The van der Waals surface area contributed by atoms with Gasteiger partial charge in [0.15, 0.2) is 0 Å². The third kappa shape index (κ3) is 14.2. The molecule has 0 aromatic heterocycles. The molecule has 0 heterocycles. The zero-order valence-electron chi connectivity index (χ0n) is 22.5. The smallest absolute Gasteiger partial charge is 0.408 e. The second-order valence-corrected chi connectivity index (χ2v) is 8.72. The zero-order chi connectivity index (χ0) is 28.1. The molecule has 0 aliphatic rings. The molecular weight excluding hydrogens is 506 g/mol. The van der Waals surface area contributed by atoms with Crippen molar-refractivity contribution in [2.24, 2.45) is 11.1 Å². The summed E-state index contributed by atoms with van der Waals surface area (Å²) in [7, 11) is 0. The van der Waals surface area contributed by atoms with Crippen LogP contribution < -0.4 is 15.4 Å². The standard InChI is InChI=1S/C28H39N3O8/c1-22(2)26(31-28(33)39-21-24-6-4-3-5-7-24)27(32)29-12-13-35-14-15-36-16-17-37-18-19-38-25-10-8-23(9-11-25)20-30-34/h3-11,20,22,26,34H,12-19,21H2,1-2H3,(H,29,32)(H,31,33)/b30-20+/t26-/m0/s1. The van der Waals surface area contributed by atoms with Gasteiger partial charge in [-0.25, -0.2) is 4.79 Å². The van der Waals surface area contributed by atoms with Gasteiger partial charge in [-0.3, -0.25) is 4.79 Å². The Hall–Kier alpha value is -3.67. The van der Waals surface area contributed by atoms with Crippen LogP contribution in [0.25, 0.3) is 0 Å². The fraction of sp³-hybridized carbons (Fsp3) is 0.464. The third-order valence-electron chi connectivity index (χ3n) is 5.31. The Bertz CT molecular complexity index is 971. The summed E-state index contributed by atoms with van der Waals surface area (Å²) >= 11 is 0. The number of carbonyl (C=O) groups excluding carboxylic acids is 2. The van der Waals surface area contributed by atoms with E-state index < -0.39 is 12.1 Å². The zero-order valence-corrected chi connectivity index (χ0v) is 22.5. The fourth-order valence-corrected chi connectivity index (χ4v) is 3.26. The molecule has 2 aromatic carbocycles. The van der Waals surface area contributed by atoms with Crippen molar-refractivity contribution in [2.45, 2.75) is 26.5 Å². The van der Waals surface area contributed by atoms with E-state index in [9.17, 15) is 9.59 Å². The number of hydrogen-bond donors (Lipinski definition) is 3. The number of benzene rings is 2. The van der Waals surface area contributed by atoms with Crippen LogP contribution in [0.3, 0.4) is 0 Å². The van der Waals surface area contributed by atoms with Crippen molar-refractivity contribution >= 4 is 18.2 Å². The number of nitrogens with one attached hydrogen (secondary N) is 2. The maximum Gasteiger partial charge on any atom is 0.408 e. The molecule has 0 fully saturated rings. The van der Waals surface area contributed by atoms with E-state index in [2.05, 4.69) is 15.8 Å². The molecule has 0 bridgehead atoms. The van der Waals surface area contributed by atoms with E-state index in [0.29, 0.717) is 58.5 Å². The van der Waals surface area contributed by atoms with Crippen LogP contribution in [0.15, 0.2) is 59.8 Å². The normalized spacial score (nSPS) is 11.9. The van der Waals surface area contributed by atoms with E-state index in [1.54, 1.807) is 24.3 Å².